The number of nitrogens with zero attached hydrogens (tertiary/aromatic N) is 1. The highest BCUT2D eigenvalue weighted by atomic mass is 35.5. The fourth-order valence-corrected chi connectivity index (χ4v) is 3.87. The maximum absolute atomic E-state index is 13.5. The Bertz CT molecular complexity index is 1180. The summed E-state index contributed by atoms with van der Waals surface area (Å²) in [7, 11) is 0. The number of hydrogen-bond acceptors (Lipinski definition) is 3. The minimum absolute atomic E-state index is 0.0521. The molecule has 0 amide bonds. The average Bonchev–Trinajstić information content (AvgIpc) is 2.83. The van der Waals surface area contributed by atoms with E-state index < -0.39 is 5.92 Å². The lowest BCUT2D eigenvalue weighted by atomic mass is 9.85. The van der Waals surface area contributed by atoms with Crippen molar-refractivity contribution in [1.82, 2.24) is 4.98 Å². The molecule has 0 bridgehead atoms. The highest BCUT2D eigenvalue weighted by Crippen LogP contribution is 2.42. The maximum atomic E-state index is 13.5. The number of benzene rings is 3. The molecule has 0 spiro atoms. The SMILES string of the molecule is O=C1c2ccccc2Nc2c(cnc3ccccc23)C1c1ccc(Cl)cc1. The summed E-state index contributed by atoms with van der Waals surface area (Å²) < 4.78 is 0. The van der Waals surface area contributed by atoms with Crippen LogP contribution in [0.5, 0.6) is 0 Å². The minimum Gasteiger partial charge on any atom is -0.354 e. The predicted molar refractivity (Wildman–Crippen MR) is 109 cm³/mol. The first-order valence-electron chi connectivity index (χ1n) is 8.76. The smallest absolute Gasteiger partial charge is 0.176 e. The standard InChI is InChI=1S/C23H15ClN2O/c24-15-11-9-14(10-12-15)21-18-13-25-19-7-3-1-5-16(19)22(18)26-20-8-4-2-6-17(20)23(21)27/h1-13,21,26H. The van der Waals surface area contributed by atoms with E-state index in [9.17, 15) is 4.79 Å². The lowest BCUT2D eigenvalue weighted by Gasteiger charge is -2.18. The number of carbonyl (C=O) groups is 1. The van der Waals surface area contributed by atoms with Crippen LogP contribution in [-0.2, 0) is 0 Å². The van der Waals surface area contributed by atoms with Crippen molar-refractivity contribution < 1.29 is 4.79 Å². The van der Waals surface area contributed by atoms with E-state index in [1.54, 1.807) is 0 Å². The van der Waals surface area contributed by atoms with Gasteiger partial charge >= 0.3 is 0 Å². The van der Waals surface area contributed by atoms with E-state index in [1.165, 1.54) is 0 Å². The number of Topliss-reactive ketones (excluding diaryl/α,β-unsaturated/α-hetero) is 1. The van der Waals surface area contributed by atoms with Crippen molar-refractivity contribution in [3.8, 4) is 0 Å². The predicted octanol–water partition coefficient (Wildman–Crippen LogP) is 5.96. The number of aromatic nitrogens is 1. The van der Waals surface area contributed by atoms with Gasteiger partial charge in [-0.15, -0.1) is 0 Å². The Balaban J connectivity index is 1.84. The summed E-state index contributed by atoms with van der Waals surface area (Å²) >= 11 is 6.07. The molecule has 1 unspecified atom stereocenters. The van der Waals surface area contributed by atoms with Gasteiger partial charge in [0.25, 0.3) is 0 Å². The largest absolute Gasteiger partial charge is 0.354 e. The molecule has 0 radical (unpaired) electrons. The zero-order valence-electron chi connectivity index (χ0n) is 14.3. The molecular weight excluding hydrogens is 356 g/mol. The van der Waals surface area contributed by atoms with Gasteiger partial charge in [-0.25, -0.2) is 0 Å². The number of ketones is 1. The lowest BCUT2D eigenvalue weighted by molar-refractivity contribution is 0.0975. The molecule has 0 saturated carbocycles. The summed E-state index contributed by atoms with van der Waals surface area (Å²) in [5.74, 6) is -0.387. The molecule has 3 nitrogen and oxygen atoms in total. The molecule has 1 atom stereocenters. The van der Waals surface area contributed by atoms with E-state index in [4.69, 9.17) is 11.6 Å². The average molecular weight is 371 g/mol. The van der Waals surface area contributed by atoms with Crippen molar-refractivity contribution in [2.24, 2.45) is 0 Å². The van der Waals surface area contributed by atoms with Crippen molar-refractivity contribution in [2.45, 2.75) is 5.92 Å². The number of fused-ring (bicyclic) bond motifs is 4. The molecule has 27 heavy (non-hydrogen) atoms. The summed E-state index contributed by atoms with van der Waals surface area (Å²) in [6.45, 7) is 0. The summed E-state index contributed by atoms with van der Waals surface area (Å²) in [5, 5.41) is 5.15. The highest BCUT2D eigenvalue weighted by Gasteiger charge is 2.32. The molecule has 3 aromatic carbocycles. The number of nitrogens with one attached hydrogen (secondary N) is 1. The Hall–Kier alpha value is -3.17. The van der Waals surface area contributed by atoms with Crippen LogP contribution in [-0.4, -0.2) is 10.8 Å². The fraction of sp³-hybridized carbons (Fsp3) is 0.0435. The van der Waals surface area contributed by atoms with Crippen molar-refractivity contribution in [1.29, 1.82) is 0 Å². The van der Waals surface area contributed by atoms with E-state index >= 15 is 0 Å². The molecule has 130 valence electrons. The topological polar surface area (TPSA) is 42.0 Å². The number of carbonyl (C=O) groups excluding carboxylic acids is 1. The van der Waals surface area contributed by atoms with E-state index in [0.717, 1.165) is 33.4 Å². The molecule has 2 heterocycles. The van der Waals surface area contributed by atoms with Gasteiger partial charge in [-0.3, -0.25) is 9.78 Å². The van der Waals surface area contributed by atoms with Crippen molar-refractivity contribution in [3.63, 3.8) is 0 Å². The van der Waals surface area contributed by atoms with Gasteiger partial charge in [0.15, 0.2) is 5.78 Å². The molecule has 0 aliphatic carbocycles. The molecular formula is C23H15ClN2O. The maximum Gasteiger partial charge on any atom is 0.176 e. The first-order valence-corrected chi connectivity index (χ1v) is 9.13. The third kappa shape index (κ3) is 2.59. The monoisotopic (exact) mass is 370 g/mol. The van der Waals surface area contributed by atoms with Crippen LogP contribution >= 0.6 is 11.6 Å². The first-order chi connectivity index (χ1) is 13.2. The number of halogens is 1. The second kappa shape index (κ2) is 6.22. The molecule has 5 rings (SSSR count). The van der Waals surface area contributed by atoms with Gasteiger partial charge in [-0.05, 0) is 35.9 Å². The molecule has 1 aromatic heterocycles. The Morgan fingerprint density at radius 1 is 0.889 bits per heavy atom. The van der Waals surface area contributed by atoms with Crippen molar-refractivity contribution in [3.05, 3.63) is 101 Å². The molecule has 4 heteroatoms. The fourth-order valence-electron chi connectivity index (χ4n) is 3.74. The van der Waals surface area contributed by atoms with Gasteiger partial charge in [0.1, 0.15) is 0 Å². The number of anilines is 2. The van der Waals surface area contributed by atoms with Crippen LogP contribution in [0.3, 0.4) is 0 Å². The highest BCUT2D eigenvalue weighted by molar-refractivity contribution is 6.30. The van der Waals surface area contributed by atoms with Crippen LogP contribution in [0.4, 0.5) is 11.4 Å². The molecule has 1 aliphatic rings. The molecule has 4 aromatic rings. The zero-order chi connectivity index (χ0) is 18.4. The van der Waals surface area contributed by atoms with Gasteiger partial charge in [0.2, 0.25) is 0 Å². The van der Waals surface area contributed by atoms with E-state index in [2.05, 4.69) is 10.3 Å². The lowest BCUT2D eigenvalue weighted by Crippen LogP contribution is -2.14. The van der Waals surface area contributed by atoms with Gasteiger partial charge in [-0.2, -0.15) is 0 Å². The Morgan fingerprint density at radius 2 is 1.63 bits per heavy atom. The molecule has 0 saturated heterocycles. The van der Waals surface area contributed by atoms with E-state index in [1.807, 2.05) is 79.0 Å². The van der Waals surface area contributed by atoms with Gasteiger partial charge in [0, 0.05) is 33.4 Å². The molecule has 0 fully saturated rings. The van der Waals surface area contributed by atoms with Gasteiger partial charge in [0.05, 0.1) is 17.1 Å². The Labute approximate surface area is 161 Å². The minimum atomic E-state index is -0.439. The third-order valence-corrected chi connectivity index (χ3v) is 5.29. The van der Waals surface area contributed by atoms with Crippen LogP contribution in [0, 0.1) is 0 Å². The summed E-state index contributed by atoms with van der Waals surface area (Å²) in [4.78, 5) is 18.1. The van der Waals surface area contributed by atoms with Crippen LogP contribution in [0.25, 0.3) is 10.9 Å². The van der Waals surface area contributed by atoms with Crippen LogP contribution < -0.4 is 5.32 Å². The number of pyridine rings is 1. The van der Waals surface area contributed by atoms with E-state index in [0.29, 0.717) is 10.6 Å². The van der Waals surface area contributed by atoms with Crippen molar-refractivity contribution >= 4 is 39.7 Å². The number of hydrogen-bond donors (Lipinski definition) is 1. The zero-order valence-corrected chi connectivity index (χ0v) is 15.1. The summed E-state index contributed by atoms with van der Waals surface area (Å²) in [5.41, 5.74) is 5.09. The molecule has 1 aliphatic heterocycles. The second-order valence-corrected chi connectivity index (χ2v) is 7.06. The quantitative estimate of drug-likeness (QED) is 0.449. The Kier molecular flexibility index (Phi) is 3.69. The first kappa shape index (κ1) is 16.0. The second-order valence-electron chi connectivity index (χ2n) is 6.63. The van der Waals surface area contributed by atoms with Crippen LogP contribution in [0.15, 0.2) is 79.0 Å². The van der Waals surface area contributed by atoms with Gasteiger partial charge in [-0.1, -0.05) is 54.1 Å². The number of rotatable bonds is 1. The summed E-state index contributed by atoms with van der Waals surface area (Å²) in [6, 6.07) is 23.1. The van der Waals surface area contributed by atoms with Gasteiger partial charge < -0.3 is 5.32 Å². The van der Waals surface area contributed by atoms with E-state index in [-0.39, 0.29) is 5.78 Å². The third-order valence-electron chi connectivity index (χ3n) is 5.03. The van der Waals surface area contributed by atoms with Crippen molar-refractivity contribution in [2.75, 3.05) is 5.32 Å². The Morgan fingerprint density at radius 3 is 2.48 bits per heavy atom. The van der Waals surface area contributed by atoms with Crippen LogP contribution in [0.2, 0.25) is 5.02 Å². The molecule has 1 N–H and O–H groups in total. The number of para-hydroxylation sites is 2. The van der Waals surface area contributed by atoms with Crippen LogP contribution in [0.1, 0.15) is 27.4 Å². The normalized spacial score (nSPS) is 15.6. The summed E-state index contributed by atoms with van der Waals surface area (Å²) in [6.07, 6.45) is 1.81.